The number of aryl methyl sites for hydroxylation is 2. The number of methoxy groups -OCH3 is 2. The number of phenolic OH excluding ortho intramolecular Hbond substituents is 5. The molecule has 0 saturated heterocycles. The van der Waals surface area contributed by atoms with Gasteiger partial charge in [-0.2, -0.15) is 20.4 Å². The predicted molar refractivity (Wildman–Crippen MR) is 520 cm³/mol. The Morgan fingerprint density at radius 1 is 0.371 bits per heavy atom. The molecule has 0 unspecified atom stereocenters. The van der Waals surface area contributed by atoms with Crippen LogP contribution in [0.2, 0.25) is 0 Å². The van der Waals surface area contributed by atoms with Gasteiger partial charge in [0.15, 0.2) is 17.3 Å². The zero-order valence-corrected chi connectivity index (χ0v) is 73.1. The molecule has 10 aromatic carbocycles. The highest BCUT2D eigenvalue weighted by Gasteiger charge is 2.22. The first-order valence-corrected chi connectivity index (χ1v) is 43.0. The number of furan rings is 5. The summed E-state index contributed by atoms with van der Waals surface area (Å²) in [6.07, 6.45) is 19.3. The molecule has 0 aliphatic carbocycles. The number of aliphatic imine (C=N–C) groups is 3. The molecular formula is C109H95N11O12. The van der Waals surface area contributed by atoms with Crippen LogP contribution in [0.15, 0.2) is 395 Å². The number of fused-ring (bicyclic) bond motifs is 2. The van der Waals surface area contributed by atoms with Crippen LogP contribution in [0.1, 0.15) is 66.4 Å². The molecule has 0 radical (unpaired) electrons. The van der Waals surface area contributed by atoms with Crippen LogP contribution >= 0.6 is 0 Å². The molecule has 0 fully saturated rings. The van der Waals surface area contributed by atoms with E-state index < -0.39 is 0 Å². The molecule has 23 nitrogen and oxygen atoms in total. The summed E-state index contributed by atoms with van der Waals surface area (Å²) < 4.78 is 39.5. The molecule has 23 heteroatoms. The second-order valence-corrected chi connectivity index (χ2v) is 30.9. The smallest absolute Gasteiger partial charge is 0.151 e. The number of benzene rings is 10. The molecule has 3 aliphatic rings. The number of ether oxygens (including phenoxy) is 2. The van der Waals surface area contributed by atoms with Crippen LogP contribution in [0.3, 0.4) is 0 Å². The number of aromatic hydroxyl groups is 5. The molecule has 19 aromatic rings. The fourth-order valence-electron chi connectivity index (χ4n) is 15.2. The Morgan fingerprint density at radius 3 is 1.48 bits per heavy atom. The number of rotatable bonds is 19. The number of hydrogen-bond acceptors (Lipinski definition) is 19. The van der Waals surface area contributed by atoms with Gasteiger partial charge in [0, 0.05) is 67.9 Å². The number of aromatic nitrogens is 8. The van der Waals surface area contributed by atoms with Gasteiger partial charge in [-0.1, -0.05) is 153 Å². The van der Waals surface area contributed by atoms with Crippen molar-refractivity contribution in [3.05, 3.63) is 392 Å². The zero-order chi connectivity index (χ0) is 91.1. The summed E-state index contributed by atoms with van der Waals surface area (Å²) >= 11 is 0. The third-order valence-electron chi connectivity index (χ3n) is 21.9. The van der Waals surface area contributed by atoms with E-state index in [4.69, 9.17) is 31.6 Å². The number of nitrogens with one attached hydrogen (secondary N) is 3. The van der Waals surface area contributed by atoms with E-state index in [0.29, 0.717) is 24.4 Å². The lowest BCUT2D eigenvalue weighted by Gasteiger charge is -2.09. The first-order chi connectivity index (χ1) is 64.7. The second kappa shape index (κ2) is 42.4. The largest absolute Gasteiger partial charge is 0.508 e. The maximum atomic E-state index is 10.6. The van der Waals surface area contributed by atoms with E-state index in [0.717, 1.165) is 188 Å². The van der Waals surface area contributed by atoms with Gasteiger partial charge in [-0.15, -0.1) is 0 Å². The Kier molecular flexibility index (Phi) is 28.3. The van der Waals surface area contributed by atoms with Crippen LogP contribution in [0.4, 0.5) is 0 Å². The van der Waals surface area contributed by atoms with E-state index in [2.05, 4.69) is 101 Å². The number of aromatic amines is 3. The van der Waals surface area contributed by atoms with Crippen molar-refractivity contribution in [2.75, 3.05) is 33.9 Å². The Labute approximate surface area is 761 Å². The lowest BCUT2D eigenvalue weighted by atomic mass is 10.0. The van der Waals surface area contributed by atoms with Crippen LogP contribution in [-0.4, -0.2) is 117 Å². The summed E-state index contributed by atoms with van der Waals surface area (Å²) in [7, 11) is 5.20. The minimum atomic E-state index is 0.252. The molecular weight excluding hydrogens is 1660 g/mol. The summed E-state index contributed by atoms with van der Waals surface area (Å²) in [5, 5.41) is 79.3. The standard InChI is InChI=1S/2C18H14N2O2.C16H14N2O.C15H19NO.C14H12N2O2.2C14H11NO2/c1-21-18-13-6-3-2-5-12(13)8-9-14(18)15-11-16(20-19-15)17-7-4-10-22-17;1-20-16(17-7-4-10-22-17)11-15(19-20)14-9-8-12-5-2-3-6-13(12)18(14)21;1-11-5-4-6-12(9-11)14-10-15(18-17-14)13-7-2-3-8-16(13)19;1-2-3-4-7-12-10-14(16-11-12)13-8-5-6-9-15(13)17;1-17-13-6-3-2-5-10(13)11-9-12(16-15-11)14-7-4-8-18-14;16-12-4-1-3-10(7-12)13-8-11(9-15-13)14-5-2-6-17-14;16-12-5-3-10(4-6-12)13-8-11(9-15-13)14-2-1-7-17-14/h2-11H,1H3,(H,19,20);2-11,21H,1H3;2-10,19H,1H3,(H,17,18);5-6,8-10,17H,2-4,7,11H2,1H3;2-9H,1H3,(H,15,16);2*1-8,16H,9H2. The number of para-hydroxylation sites is 3. The topological polar surface area (TPSA) is 326 Å². The van der Waals surface area contributed by atoms with Crippen LogP contribution in [0, 0.1) is 6.92 Å². The molecule has 3 aliphatic heterocycles. The zero-order valence-electron chi connectivity index (χ0n) is 73.1. The Balaban J connectivity index is 0.000000113. The summed E-state index contributed by atoms with van der Waals surface area (Å²) in [6, 6.07) is 95.2. The highest BCUT2D eigenvalue weighted by Crippen LogP contribution is 2.41. The summed E-state index contributed by atoms with van der Waals surface area (Å²) in [4.78, 5) is 13.4. The first-order valence-electron chi connectivity index (χ1n) is 43.0. The summed E-state index contributed by atoms with van der Waals surface area (Å²) in [6.45, 7) is 6.34. The lowest BCUT2D eigenvalue weighted by Crippen LogP contribution is -1.93. The highest BCUT2D eigenvalue weighted by molar-refractivity contribution is 6.16. The fourth-order valence-corrected chi connectivity index (χ4v) is 15.2. The normalized spacial score (nSPS) is 12.3. The molecule has 0 saturated carbocycles. The molecule has 22 rings (SSSR count). The molecule has 0 amide bonds. The SMILES string of the molecule is CCCCCC1=CC(c2ccccc2O)=NC1.COc1c(-c2cc(-c3ccco3)[nH]n2)ccc2ccccc12.COc1ccccc1-c1cc(-c2ccco2)[nH]n1.Cc1cccc(-c2cc(-c3ccccc3O)[nH]n2)c1.Cn1nc(-c2ccc3ccccc3c2O)cc1-c1ccco1.Oc1ccc(C2=NCC(c3ccco3)=C2)cc1.Oc1cccc(C2=NCC(c3ccco3)=C2)c1. The van der Waals surface area contributed by atoms with E-state index in [1.165, 1.54) is 30.4 Å². The van der Waals surface area contributed by atoms with Gasteiger partial charge < -0.3 is 57.1 Å². The van der Waals surface area contributed by atoms with Gasteiger partial charge in [-0.05, 0) is 236 Å². The van der Waals surface area contributed by atoms with Crippen molar-refractivity contribution in [3.63, 3.8) is 0 Å². The monoisotopic (exact) mass is 1750 g/mol. The van der Waals surface area contributed by atoms with Crippen molar-refractivity contribution in [2.45, 2.75) is 39.5 Å². The number of phenols is 5. The van der Waals surface area contributed by atoms with Gasteiger partial charge >= 0.3 is 0 Å². The molecule has 12 heterocycles. The first kappa shape index (κ1) is 88.2. The molecule has 0 atom stereocenters. The summed E-state index contributed by atoms with van der Waals surface area (Å²) in [5.74, 6) is 6.97. The van der Waals surface area contributed by atoms with Gasteiger partial charge in [0.05, 0.1) is 111 Å². The third-order valence-corrected chi connectivity index (χ3v) is 21.9. The summed E-state index contributed by atoms with van der Waals surface area (Å²) in [5.41, 5.74) is 21.3. The quantitative estimate of drug-likeness (QED) is 0.0349. The number of hydrogen-bond donors (Lipinski definition) is 8. The lowest BCUT2D eigenvalue weighted by molar-refractivity contribution is 0.416. The van der Waals surface area contributed by atoms with Crippen LogP contribution < -0.4 is 9.47 Å². The van der Waals surface area contributed by atoms with Gasteiger partial charge in [0.25, 0.3) is 0 Å². The molecule has 658 valence electrons. The minimum Gasteiger partial charge on any atom is -0.508 e. The molecule has 132 heavy (non-hydrogen) atoms. The number of allylic oxidation sites excluding steroid dienone is 3. The van der Waals surface area contributed by atoms with Gasteiger partial charge in [0.1, 0.15) is 68.8 Å². The Bertz CT molecular complexity index is 7250. The van der Waals surface area contributed by atoms with Crippen molar-refractivity contribution < 1.29 is 57.1 Å². The highest BCUT2D eigenvalue weighted by atomic mass is 16.5. The average Bonchev–Trinajstić information content (AvgIpc) is 1.46. The Morgan fingerprint density at radius 2 is 0.886 bits per heavy atom. The van der Waals surface area contributed by atoms with Crippen molar-refractivity contribution in [1.29, 1.82) is 0 Å². The third kappa shape index (κ3) is 21.5. The van der Waals surface area contributed by atoms with Gasteiger partial charge in [0.2, 0.25) is 0 Å². The molecule has 8 N–H and O–H groups in total. The van der Waals surface area contributed by atoms with E-state index in [1.54, 1.807) is 92.7 Å². The number of nitrogens with zero attached hydrogens (tertiary/aromatic N) is 8. The van der Waals surface area contributed by atoms with Crippen molar-refractivity contribution in [3.8, 4) is 131 Å². The van der Waals surface area contributed by atoms with E-state index in [9.17, 15) is 25.5 Å². The molecule has 0 bridgehead atoms. The van der Waals surface area contributed by atoms with Gasteiger partial charge in [-0.25, -0.2) is 0 Å². The van der Waals surface area contributed by atoms with E-state index in [1.807, 2.05) is 250 Å². The maximum Gasteiger partial charge on any atom is 0.151 e. The van der Waals surface area contributed by atoms with Gasteiger partial charge in [-0.3, -0.25) is 35.0 Å². The van der Waals surface area contributed by atoms with Crippen LogP contribution in [0.5, 0.6) is 40.2 Å². The van der Waals surface area contributed by atoms with E-state index >= 15 is 0 Å². The Hall–Kier alpha value is -17.2. The van der Waals surface area contributed by atoms with Crippen molar-refractivity contribution >= 4 is 49.8 Å². The van der Waals surface area contributed by atoms with Crippen LogP contribution in [0.25, 0.3) is 123 Å². The fraction of sp³-hybridized carbons (Fsp3) is 0.110. The molecule has 0 spiro atoms. The number of H-pyrrole nitrogens is 3. The van der Waals surface area contributed by atoms with Crippen LogP contribution in [-0.2, 0) is 7.05 Å². The number of unbranched alkanes of at least 4 members (excludes halogenated alkanes) is 2. The maximum absolute atomic E-state index is 10.6. The molecule has 9 aromatic heterocycles. The minimum absolute atomic E-state index is 0.252. The van der Waals surface area contributed by atoms with Crippen molar-refractivity contribution in [1.82, 2.24) is 40.4 Å². The van der Waals surface area contributed by atoms with E-state index in [-0.39, 0.29) is 23.0 Å². The predicted octanol–water partition coefficient (Wildman–Crippen LogP) is 25.3. The average molecular weight is 1750 g/mol. The van der Waals surface area contributed by atoms with Crippen molar-refractivity contribution in [2.24, 2.45) is 22.0 Å². The second-order valence-electron chi connectivity index (χ2n) is 30.9.